The molecule has 1 aromatic carbocycles. The van der Waals surface area contributed by atoms with Gasteiger partial charge in [0, 0.05) is 29.8 Å². The van der Waals surface area contributed by atoms with E-state index in [9.17, 15) is 8.42 Å². The fourth-order valence-electron chi connectivity index (χ4n) is 3.17. The first-order valence-corrected chi connectivity index (χ1v) is 10.1. The number of aromatic nitrogens is 1. The van der Waals surface area contributed by atoms with E-state index in [1.807, 2.05) is 48.5 Å². The second kappa shape index (κ2) is 7.42. The SMILES string of the molecule is CS(=O)(=O)NC1CCCNC1Cc1cccc(-c2ccccc2)n1. The van der Waals surface area contributed by atoms with Gasteiger partial charge in [-0.15, -0.1) is 0 Å². The Bertz CT molecular complexity index is 778. The largest absolute Gasteiger partial charge is 0.312 e. The topological polar surface area (TPSA) is 71.1 Å². The Morgan fingerprint density at radius 3 is 2.71 bits per heavy atom. The van der Waals surface area contributed by atoms with Crippen LogP contribution in [-0.2, 0) is 16.4 Å². The Hall–Kier alpha value is -1.76. The zero-order valence-corrected chi connectivity index (χ0v) is 14.6. The van der Waals surface area contributed by atoms with Gasteiger partial charge in [0.25, 0.3) is 0 Å². The number of benzene rings is 1. The summed E-state index contributed by atoms with van der Waals surface area (Å²) in [5.41, 5.74) is 2.99. The van der Waals surface area contributed by atoms with Crippen LogP contribution in [0.3, 0.4) is 0 Å². The summed E-state index contributed by atoms with van der Waals surface area (Å²) < 4.78 is 25.9. The van der Waals surface area contributed by atoms with E-state index in [1.165, 1.54) is 6.26 Å². The molecule has 1 aromatic heterocycles. The molecule has 2 heterocycles. The molecular formula is C18H23N3O2S. The molecule has 1 aliphatic rings. The number of nitrogens with zero attached hydrogens (tertiary/aromatic N) is 1. The summed E-state index contributed by atoms with van der Waals surface area (Å²) >= 11 is 0. The lowest BCUT2D eigenvalue weighted by atomic mass is 9.95. The summed E-state index contributed by atoms with van der Waals surface area (Å²) in [7, 11) is -3.21. The summed E-state index contributed by atoms with van der Waals surface area (Å²) in [5.74, 6) is 0. The quantitative estimate of drug-likeness (QED) is 0.869. The van der Waals surface area contributed by atoms with Crippen molar-refractivity contribution in [2.45, 2.75) is 31.3 Å². The first-order chi connectivity index (χ1) is 11.5. The average Bonchev–Trinajstić information content (AvgIpc) is 2.56. The second-order valence-corrected chi connectivity index (χ2v) is 8.06. The molecule has 1 saturated heterocycles. The minimum atomic E-state index is -3.21. The lowest BCUT2D eigenvalue weighted by Crippen LogP contribution is -2.54. The number of hydrogen-bond acceptors (Lipinski definition) is 4. The van der Waals surface area contributed by atoms with Crippen LogP contribution in [0.5, 0.6) is 0 Å². The van der Waals surface area contributed by atoms with Crippen molar-refractivity contribution >= 4 is 10.0 Å². The van der Waals surface area contributed by atoms with Crippen LogP contribution in [0.25, 0.3) is 11.3 Å². The number of sulfonamides is 1. The molecule has 0 bridgehead atoms. The summed E-state index contributed by atoms with van der Waals surface area (Å²) in [5, 5.41) is 3.43. The number of pyridine rings is 1. The van der Waals surface area contributed by atoms with Crippen molar-refractivity contribution in [3.8, 4) is 11.3 Å². The molecule has 0 spiro atoms. The van der Waals surface area contributed by atoms with E-state index >= 15 is 0 Å². The van der Waals surface area contributed by atoms with Gasteiger partial charge in [0.05, 0.1) is 11.9 Å². The van der Waals surface area contributed by atoms with E-state index in [0.717, 1.165) is 36.3 Å². The maximum Gasteiger partial charge on any atom is 0.209 e. The van der Waals surface area contributed by atoms with Crippen LogP contribution >= 0.6 is 0 Å². The summed E-state index contributed by atoms with van der Waals surface area (Å²) in [6.07, 6.45) is 3.74. The highest BCUT2D eigenvalue weighted by molar-refractivity contribution is 7.88. The van der Waals surface area contributed by atoms with Crippen LogP contribution in [0, 0.1) is 0 Å². The first kappa shape index (κ1) is 17.1. The molecule has 2 aromatic rings. The summed E-state index contributed by atoms with van der Waals surface area (Å²) in [6, 6.07) is 16.0. The van der Waals surface area contributed by atoms with Gasteiger partial charge >= 0.3 is 0 Å². The van der Waals surface area contributed by atoms with Crippen molar-refractivity contribution in [3.63, 3.8) is 0 Å². The van der Waals surface area contributed by atoms with Crippen LogP contribution in [0.15, 0.2) is 48.5 Å². The van der Waals surface area contributed by atoms with E-state index in [0.29, 0.717) is 6.42 Å². The highest BCUT2D eigenvalue weighted by Crippen LogP contribution is 2.19. The van der Waals surface area contributed by atoms with Crippen LogP contribution in [0.4, 0.5) is 0 Å². The molecule has 6 heteroatoms. The maximum atomic E-state index is 11.6. The van der Waals surface area contributed by atoms with Gasteiger partial charge in [0.1, 0.15) is 0 Å². The van der Waals surface area contributed by atoms with Crippen LogP contribution < -0.4 is 10.0 Å². The average molecular weight is 345 g/mol. The van der Waals surface area contributed by atoms with Gasteiger partial charge in [-0.25, -0.2) is 13.1 Å². The van der Waals surface area contributed by atoms with Crippen molar-refractivity contribution in [2.24, 2.45) is 0 Å². The number of hydrogen-bond donors (Lipinski definition) is 2. The molecular weight excluding hydrogens is 322 g/mol. The van der Waals surface area contributed by atoms with Crippen molar-refractivity contribution < 1.29 is 8.42 Å². The third kappa shape index (κ3) is 4.63. The van der Waals surface area contributed by atoms with Crippen molar-refractivity contribution in [1.29, 1.82) is 0 Å². The van der Waals surface area contributed by atoms with Gasteiger partial charge in [-0.3, -0.25) is 4.98 Å². The van der Waals surface area contributed by atoms with Gasteiger partial charge in [0.2, 0.25) is 10.0 Å². The Morgan fingerprint density at radius 1 is 1.17 bits per heavy atom. The molecule has 3 rings (SSSR count). The molecule has 2 N–H and O–H groups in total. The number of nitrogens with one attached hydrogen (secondary N) is 2. The predicted octanol–water partition coefficient (Wildman–Crippen LogP) is 1.96. The summed E-state index contributed by atoms with van der Waals surface area (Å²) in [6.45, 7) is 0.908. The van der Waals surface area contributed by atoms with Gasteiger partial charge in [-0.2, -0.15) is 0 Å². The van der Waals surface area contributed by atoms with Crippen molar-refractivity contribution in [2.75, 3.05) is 12.8 Å². The molecule has 1 aliphatic heterocycles. The Morgan fingerprint density at radius 2 is 1.96 bits per heavy atom. The Labute approximate surface area is 143 Å². The lowest BCUT2D eigenvalue weighted by molar-refractivity contribution is 0.327. The van der Waals surface area contributed by atoms with Crippen LogP contribution in [-0.4, -0.2) is 38.3 Å². The molecule has 2 unspecified atom stereocenters. The standard InChI is InChI=1S/C18H23N3O2S/c1-24(22,23)21-17-11-6-12-19-18(17)13-15-9-5-10-16(20-15)14-7-3-2-4-8-14/h2-5,7-10,17-19,21H,6,11-13H2,1H3. The molecule has 0 radical (unpaired) electrons. The lowest BCUT2D eigenvalue weighted by Gasteiger charge is -2.32. The number of rotatable bonds is 5. The van der Waals surface area contributed by atoms with Gasteiger partial charge in [-0.1, -0.05) is 36.4 Å². The first-order valence-electron chi connectivity index (χ1n) is 8.23. The molecule has 0 aliphatic carbocycles. The van der Waals surface area contributed by atoms with E-state index in [2.05, 4.69) is 10.0 Å². The zero-order valence-electron chi connectivity index (χ0n) is 13.8. The Balaban J connectivity index is 1.77. The molecule has 128 valence electrons. The minimum Gasteiger partial charge on any atom is -0.312 e. The van der Waals surface area contributed by atoms with Crippen LogP contribution in [0.1, 0.15) is 18.5 Å². The fourth-order valence-corrected chi connectivity index (χ4v) is 4.00. The summed E-state index contributed by atoms with van der Waals surface area (Å²) in [4.78, 5) is 4.75. The smallest absolute Gasteiger partial charge is 0.209 e. The highest BCUT2D eigenvalue weighted by atomic mass is 32.2. The molecule has 0 amide bonds. The van der Waals surface area contributed by atoms with E-state index in [-0.39, 0.29) is 12.1 Å². The highest BCUT2D eigenvalue weighted by Gasteiger charge is 2.27. The predicted molar refractivity (Wildman–Crippen MR) is 96.2 cm³/mol. The van der Waals surface area contributed by atoms with Crippen molar-refractivity contribution in [3.05, 3.63) is 54.2 Å². The monoisotopic (exact) mass is 345 g/mol. The molecule has 24 heavy (non-hydrogen) atoms. The molecule has 2 atom stereocenters. The normalized spacial score (nSPS) is 21.5. The van der Waals surface area contributed by atoms with Gasteiger partial charge in [-0.05, 0) is 31.5 Å². The zero-order chi connectivity index (χ0) is 17.0. The molecule has 5 nitrogen and oxygen atoms in total. The number of piperidine rings is 1. The van der Waals surface area contributed by atoms with E-state index < -0.39 is 10.0 Å². The fraction of sp³-hybridized carbons (Fsp3) is 0.389. The molecule has 0 saturated carbocycles. The van der Waals surface area contributed by atoms with Crippen LogP contribution in [0.2, 0.25) is 0 Å². The maximum absolute atomic E-state index is 11.6. The van der Waals surface area contributed by atoms with Gasteiger partial charge < -0.3 is 5.32 Å². The third-order valence-corrected chi connectivity index (χ3v) is 4.99. The van der Waals surface area contributed by atoms with Gasteiger partial charge in [0.15, 0.2) is 0 Å². The minimum absolute atomic E-state index is 0.0620. The van der Waals surface area contributed by atoms with Crippen molar-refractivity contribution in [1.82, 2.24) is 15.0 Å². The third-order valence-electron chi connectivity index (χ3n) is 4.25. The second-order valence-electron chi connectivity index (χ2n) is 6.28. The molecule has 1 fully saturated rings. The Kier molecular flexibility index (Phi) is 5.28. The van der Waals surface area contributed by atoms with E-state index in [4.69, 9.17) is 4.98 Å². The van der Waals surface area contributed by atoms with E-state index in [1.54, 1.807) is 0 Å².